The standard InChI is InChI=1S/C34H31F/c1-3-5-6-8-26-9-11-27(12-10-26)13-14-28-15-17-29(18-16-28)19-21-31-22-23-32-25-30(7-4-2)20-24-33(32)34(31)35/h9-12,15-18,20,22-25H,3-8H2,1-2H3. The number of rotatable bonds is 6. The molecule has 0 amide bonds. The quantitative estimate of drug-likeness (QED) is 0.201. The summed E-state index contributed by atoms with van der Waals surface area (Å²) in [5, 5.41) is 1.55. The monoisotopic (exact) mass is 458 g/mol. The lowest BCUT2D eigenvalue weighted by Gasteiger charge is -2.05. The summed E-state index contributed by atoms with van der Waals surface area (Å²) in [7, 11) is 0. The molecule has 0 bridgehead atoms. The van der Waals surface area contributed by atoms with Crippen molar-refractivity contribution in [2.45, 2.75) is 52.4 Å². The zero-order valence-electron chi connectivity index (χ0n) is 20.6. The Morgan fingerprint density at radius 3 is 1.80 bits per heavy atom. The lowest BCUT2D eigenvalue weighted by molar-refractivity contribution is 0.636. The van der Waals surface area contributed by atoms with Crippen LogP contribution >= 0.6 is 0 Å². The van der Waals surface area contributed by atoms with Gasteiger partial charge in [0.05, 0.1) is 5.56 Å². The summed E-state index contributed by atoms with van der Waals surface area (Å²) in [5.74, 6) is 12.3. The van der Waals surface area contributed by atoms with Crippen LogP contribution in [-0.4, -0.2) is 0 Å². The van der Waals surface area contributed by atoms with Crippen molar-refractivity contribution in [3.8, 4) is 23.7 Å². The third-order valence-corrected chi connectivity index (χ3v) is 6.16. The Balaban J connectivity index is 1.43. The van der Waals surface area contributed by atoms with Crippen LogP contribution in [0.4, 0.5) is 4.39 Å². The molecule has 0 saturated heterocycles. The fraction of sp³-hybridized carbons (Fsp3) is 0.235. The smallest absolute Gasteiger partial charge is 0.146 e. The van der Waals surface area contributed by atoms with Gasteiger partial charge in [0, 0.05) is 22.1 Å². The third kappa shape index (κ3) is 6.62. The molecule has 35 heavy (non-hydrogen) atoms. The molecule has 0 heterocycles. The minimum absolute atomic E-state index is 0.253. The molecule has 4 aromatic carbocycles. The van der Waals surface area contributed by atoms with Gasteiger partial charge >= 0.3 is 0 Å². The van der Waals surface area contributed by atoms with Crippen molar-refractivity contribution in [2.75, 3.05) is 0 Å². The van der Waals surface area contributed by atoms with Crippen LogP contribution in [0.25, 0.3) is 10.8 Å². The summed E-state index contributed by atoms with van der Waals surface area (Å²) < 4.78 is 15.0. The van der Waals surface area contributed by atoms with Crippen LogP contribution in [0.5, 0.6) is 0 Å². The lowest BCUT2D eigenvalue weighted by atomic mass is 10.0. The van der Waals surface area contributed by atoms with E-state index in [1.54, 1.807) is 6.07 Å². The maximum atomic E-state index is 15.0. The van der Waals surface area contributed by atoms with Gasteiger partial charge in [-0.15, -0.1) is 0 Å². The maximum Gasteiger partial charge on any atom is 0.146 e. The number of hydrogen-bond donors (Lipinski definition) is 0. The first-order chi connectivity index (χ1) is 17.2. The van der Waals surface area contributed by atoms with Gasteiger partial charge in [0.25, 0.3) is 0 Å². The summed E-state index contributed by atoms with van der Waals surface area (Å²) in [6.45, 7) is 4.38. The van der Waals surface area contributed by atoms with Crippen LogP contribution in [0.2, 0.25) is 0 Å². The van der Waals surface area contributed by atoms with Crippen molar-refractivity contribution in [1.29, 1.82) is 0 Å². The van der Waals surface area contributed by atoms with E-state index >= 15 is 0 Å². The zero-order valence-corrected chi connectivity index (χ0v) is 20.6. The van der Waals surface area contributed by atoms with E-state index in [0.29, 0.717) is 10.9 Å². The molecule has 0 saturated carbocycles. The first-order valence-corrected chi connectivity index (χ1v) is 12.6. The number of hydrogen-bond acceptors (Lipinski definition) is 0. The van der Waals surface area contributed by atoms with E-state index in [1.165, 1.54) is 30.4 Å². The molecular formula is C34H31F. The van der Waals surface area contributed by atoms with E-state index in [2.05, 4.69) is 67.9 Å². The van der Waals surface area contributed by atoms with E-state index in [-0.39, 0.29) is 5.82 Å². The fourth-order valence-electron chi connectivity index (χ4n) is 4.14. The van der Waals surface area contributed by atoms with Crippen molar-refractivity contribution in [2.24, 2.45) is 0 Å². The molecule has 0 aliphatic carbocycles. The van der Waals surface area contributed by atoms with Crippen molar-refractivity contribution in [3.05, 3.63) is 118 Å². The first kappa shape index (κ1) is 24.3. The molecule has 0 fully saturated rings. The summed E-state index contributed by atoms with van der Waals surface area (Å²) >= 11 is 0. The predicted molar refractivity (Wildman–Crippen MR) is 146 cm³/mol. The number of halogens is 1. The van der Waals surface area contributed by atoms with Crippen molar-refractivity contribution < 1.29 is 4.39 Å². The van der Waals surface area contributed by atoms with E-state index in [4.69, 9.17) is 0 Å². The molecule has 4 rings (SSSR count). The second kappa shape index (κ2) is 12.1. The molecule has 0 aromatic heterocycles. The summed E-state index contributed by atoms with van der Waals surface area (Å²) in [6.07, 6.45) is 6.98. The molecule has 0 aliphatic rings. The Morgan fingerprint density at radius 1 is 0.571 bits per heavy atom. The van der Waals surface area contributed by atoms with E-state index in [0.717, 1.165) is 41.3 Å². The average Bonchev–Trinajstić information content (AvgIpc) is 2.89. The van der Waals surface area contributed by atoms with Gasteiger partial charge in [0.2, 0.25) is 0 Å². The van der Waals surface area contributed by atoms with Gasteiger partial charge in [-0.1, -0.05) is 93.2 Å². The Bertz CT molecular complexity index is 1400. The van der Waals surface area contributed by atoms with Crippen molar-refractivity contribution in [3.63, 3.8) is 0 Å². The van der Waals surface area contributed by atoms with Crippen molar-refractivity contribution in [1.82, 2.24) is 0 Å². The average molecular weight is 459 g/mol. The highest BCUT2D eigenvalue weighted by Gasteiger charge is 2.06. The largest absolute Gasteiger partial charge is 0.205 e. The highest BCUT2D eigenvalue weighted by molar-refractivity contribution is 5.85. The molecule has 1 heteroatoms. The van der Waals surface area contributed by atoms with Crippen LogP contribution in [0, 0.1) is 29.5 Å². The van der Waals surface area contributed by atoms with Crippen LogP contribution in [0.1, 0.15) is 72.9 Å². The SMILES string of the molecule is CCCCCc1ccc(C#Cc2ccc(C#Cc3ccc4cc(CCC)ccc4c3F)cc2)cc1. The van der Waals surface area contributed by atoms with Gasteiger partial charge in [-0.05, 0) is 78.2 Å². The van der Waals surface area contributed by atoms with Gasteiger partial charge in [-0.2, -0.15) is 0 Å². The van der Waals surface area contributed by atoms with Crippen LogP contribution in [0.3, 0.4) is 0 Å². The molecule has 0 N–H and O–H groups in total. The number of fused-ring (bicyclic) bond motifs is 1. The molecule has 0 unspecified atom stereocenters. The van der Waals surface area contributed by atoms with Gasteiger partial charge in [0.1, 0.15) is 5.82 Å². The second-order valence-corrected chi connectivity index (χ2v) is 8.96. The van der Waals surface area contributed by atoms with E-state index in [1.807, 2.05) is 42.5 Å². The molecular weight excluding hydrogens is 427 g/mol. The predicted octanol–water partition coefficient (Wildman–Crippen LogP) is 8.46. The second-order valence-electron chi connectivity index (χ2n) is 8.96. The highest BCUT2D eigenvalue weighted by Crippen LogP contribution is 2.23. The van der Waals surface area contributed by atoms with Gasteiger partial charge < -0.3 is 0 Å². The topological polar surface area (TPSA) is 0 Å². The summed E-state index contributed by atoms with van der Waals surface area (Å²) in [4.78, 5) is 0. The van der Waals surface area contributed by atoms with Gasteiger partial charge in [-0.3, -0.25) is 0 Å². The lowest BCUT2D eigenvalue weighted by Crippen LogP contribution is -1.89. The Hall–Kier alpha value is -3.81. The van der Waals surface area contributed by atoms with Crippen molar-refractivity contribution >= 4 is 10.8 Å². The minimum Gasteiger partial charge on any atom is -0.205 e. The summed E-state index contributed by atoms with van der Waals surface area (Å²) in [5.41, 5.74) is 5.81. The normalized spacial score (nSPS) is 10.4. The summed E-state index contributed by atoms with van der Waals surface area (Å²) in [6, 6.07) is 26.0. The molecule has 0 aliphatic heterocycles. The van der Waals surface area contributed by atoms with E-state index < -0.39 is 0 Å². The number of aryl methyl sites for hydroxylation is 2. The Labute approximate surface area is 209 Å². The molecule has 0 nitrogen and oxygen atoms in total. The molecule has 174 valence electrons. The third-order valence-electron chi connectivity index (χ3n) is 6.16. The molecule has 0 spiro atoms. The Kier molecular flexibility index (Phi) is 8.38. The molecule has 0 atom stereocenters. The maximum absolute atomic E-state index is 15.0. The van der Waals surface area contributed by atoms with Crippen LogP contribution < -0.4 is 0 Å². The zero-order chi connectivity index (χ0) is 24.5. The number of unbranched alkanes of at least 4 members (excludes halogenated alkanes) is 2. The van der Waals surface area contributed by atoms with Gasteiger partial charge in [0.15, 0.2) is 0 Å². The highest BCUT2D eigenvalue weighted by atomic mass is 19.1. The van der Waals surface area contributed by atoms with Crippen LogP contribution in [-0.2, 0) is 12.8 Å². The fourth-order valence-corrected chi connectivity index (χ4v) is 4.14. The Morgan fingerprint density at radius 2 is 1.17 bits per heavy atom. The molecule has 4 aromatic rings. The van der Waals surface area contributed by atoms with Gasteiger partial charge in [-0.25, -0.2) is 4.39 Å². The number of benzene rings is 4. The van der Waals surface area contributed by atoms with E-state index in [9.17, 15) is 4.39 Å². The first-order valence-electron chi connectivity index (χ1n) is 12.6. The molecule has 0 radical (unpaired) electrons. The van der Waals surface area contributed by atoms with Crippen LogP contribution in [0.15, 0.2) is 78.9 Å². The minimum atomic E-state index is -0.253.